The summed E-state index contributed by atoms with van der Waals surface area (Å²) >= 11 is 0. The molecule has 2 atom stereocenters. The number of methoxy groups -OCH3 is 1. The molecule has 5 rings (SSSR count). The number of ether oxygens (including phenoxy) is 2. The Morgan fingerprint density at radius 1 is 0.927 bits per heavy atom. The number of H-pyrrole nitrogens is 1. The summed E-state index contributed by atoms with van der Waals surface area (Å²) in [5.74, 6) is 1.40. The van der Waals surface area contributed by atoms with Crippen molar-refractivity contribution < 1.29 is 19.7 Å². The normalized spacial score (nSPS) is 12.7. The summed E-state index contributed by atoms with van der Waals surface area (Å²) in [7, 11) is 1.62. The van der Waals surface area contributed by atoms with E-state index in [2.05, 4.69) is 10.3 Å². The van der Waals surface area contributed by atoms with Crippen molar-refractivity contribution in [3.05, 3.63) is 135 Å². The number of nitrogens with one attached hydrogen (secondary N) is 2. The molecule has 2 unspecified atom stereocenters. The van der Waals surface area contributed by atoms with Gasteiger partial charge in [0.25, 0.3) is 0 Å². The number of hydrogen-bond acceptors (Lipinski definition) is 7. The topological polar surface area (TPSA) is 130 Å². The molecule has 41 heavy (non-hydrogen) atoms. The third-order valence-electron chi connectivity index (χ3n) is 7.05. The molecule has 210 valence electrons. The lowest BCUT2D eigenvalue weighted by atomic mass is 9.99. The van der Waals surface area contributed by atoms with Crippen LogP contribution >= 0.6 is 0 Å². The second kappa shape index (κ2) is 12.7. The smallest absolute Gasteiger partial charge is 0.248 e. The van der Waals surface area contributed by atoms with Crippen molar-refractivity contribution in [2.24, 2.45) is 5.73 Å². The highest BCUT2D eigenvalue weighted by atomic mass is 16.5. The number of aliphatic hydroxyl groups is 1. The minimum atomic E-state index is -0.853. The van der Waals surface area contributed by atoms with E-state index in [-0.39, 0.29) is 23.9 Å². The van der Waals surface area contributed by atoms with E-state index in [1.54, 1.807) is 19.2 Å². The van der Waals surface area contributed by atoms with Gasteiger partial charge in [0.15, 0.2) is 0 Å². The Morgan fingerprint density at radius 3 is 2.54 bits per heavy atom. The fraction of sp³-hybridized carbons (Fsp3) is 0.182. The molecule has 1 heterocycles. The van der Waals surface area contributed by atoms with Crippen LogP contribution in [-0.4, -0.2) is 28.9 Å². The van der Waals surface area contributed by atoms with E-state index in [9.17, 15) is 15.0 Å². The molecule has 0 saturated carbocycles. The Hall–Kier alpha value is -4.63. The third-order valence-corrected chi connectivity index (χ3v) is 7.05. The van der Waals surface area contributed by atoms with Crippen molar-refractivity contribution in [2.45, 2.75) is 25.3 Å². The van der Waals surface area contributed by atoms with Gasteiger partial charge < -0.3 is 35.7 Å². The number of phenols is 1. The lowest BCUT2D eigenvalue weighted by Crippen LogP contribution is -2.21. The average molecular weight is 552 g/mol. The third kappa shape index (κ3) is 6.58. The molecule has 6 N–H and O–H groups in total. The number of benzene rings is 4. The minimum Gasteiger partial charge on any atom is -0.506 e. The van der Waals surface area contributed by atoms with Crippen LogP contribution in [0.3, 0.4) is 0 Å². The van der Waals surface area contributed by atoms with Crippen molar-refractivity contribution >= 4 is 10.9 Å². The number of aromatic nitrogens is 1. The van der Waals surface area contributed by atoms with E-state index >= 15 is 0 Å². The first kappa shape index (κ1) is 27.9. The molecule has 0 fully saturated rings. The molecule has 0 spiro atoms. The molecule has 5 aromatic rings. The molecule has 0 aliphatic heterocycles. The molecule has 0 amide bonds. The van der Waals surface area contributed by atoms with E-state index in [0.29, 0.717) is 35.4 Å². The molecule has 0 bridgehead atoms. The van der Waals surface area contributed by atoms with Crippen LogP contribution in [0.25, 0.3) is 10.9 Å². The van der Waals surface area contributed by atoms with Crippen molar-refractivity contribution in [2.75, 3.05) is 13.7 Å². The Morgan fingerprint density at radius 2 is 1.73 bits per heavy atom. The van der Waals surface area contributed by atoms with Crippen molar-refractivity contribution in [1.29, 1.82) is 0 Å². The summed E-state index contributed by atoms with van der Waals surface area (Å²) in [6, 6.07) is 29.5. The SMILES string of the molecule is COc1cc(COc2cccc(C(N)c3ccccc3)c2)ccc1CNCC(O)c1ccc(O)c2[nH]c(=O)ccc12. The quantitative estimate of drug-likeness (QED) is 0.161. The zero-order valence-corrected chi connectivity index (χ0v) is 22.7. The maximum atomic E-state index is 11.7. The van der Waals surface area contributed by atoms with Crippen LogP contribution in [0, 0.1) is 0 Å². The van der Waals surface area contributed by atoms with E-state index in [4.69, 9.17) is 15.2 Å². The second-order valence-electron chi connectivity index (χ2n) is 9.83. The van der Waals surface area contributed by atoms with Crippen LogP contribution in [0.5, 0.6) is 17.2 Å². The summed E-state index contributed by atoms with van der Waals surface area (Å²) in [5, 5.41) is 24.8. The van der Waals surface area contributed by atoms with Crippen LogP contribution < -0.4 is 26.1 Å². The van der Waals surface area contributed by atoms with Gasteiger partial charge in [-0.15, -0.1) is 0 Å². The highest BCUT2D eigenvalue weighted by Crippen LogP contribution is 2.29. The summed E-state index contributed by atoms with van der Waals surface area (Å²) in [5.41, 5.74) is 10.9. The number of rotatable bonds is 11. The molecule has 0 radical (unpaired) electrons. The molecular weight excluding hydrogens is 518 g/mol. The number of pyridine rings is 1. The van der Waals surface area contributed by atoms with Crippen LogP contribution in [0.1, 0.15) is 40.0 Å². The molecule has 1 aromatic heterocycles. The standard InChI is InChI=1S/C33H33N3O5/c1-40-30-16-21(20-41-25-9-5-8-23(17-25)32(34)22-6-3-2-4-7-22)10-11-24(30)18-35-19-29(38)26-12-14-28(37)33-27(26)13-15-31(39)36-33/h2-17,29,32,35,37-38H,18-20,34H2,1H3,(H,36,39). The van der Waals surface area contributed by atoms with Crippen LogP contribution in [0.2, 0.25) is 0 Å². The second-order valence-corrected chi connectivity index (χ2v) is 9.83. The Kier molecular flexibility index (Phi) is 8.64. The highest BCUT2D eigenvalue weighted by molar-refractivity contribution is 5.87. The van der Waals surface area contributed by atoms with E-state index < -0.39 is 6.10 Å². The van der Waals surface area contributed by atoms with E-state index in [1.807, 2.05) is 72.8 Å². The lowest BCUT2D eigenvalue weighted by Gasteiger charge is -2.17. The fourth-order valence-corrected chi connectivity index (χ4v) is 4.85. The van der Waals surface area contributed by atoms with Crippen molar-refractivity contribution in [3.8, 4) is 17.2 Å². The van der Waals surface area contributed by atoms with Gasteiger partial charge in [-0.25, -0.2) is 0 Å². The fourth-order valence-electron chi connectivity index (χ4n) is 4.85. The zero-order valence-electron chi connectivity index (χ0n) is 22.7. The minimum absolute atomic E-state index is 0.0427. The summed E-state index contributed by atoms with van der Waals surface area (Å²) in [6.07, 6.45) is -0.853. The molecule has 8 nitrogen and oxygen atoms in total. The van der Waals surface area contributed by atoms with Gasteiger partial charge in [0.1, 0.15) is 23.9 Å². The Bertz CT molecular complexity index is 1690. The first-order valence-corrected chi connectivity index (χ1v) is 13.4. The van der Waals surface area contributed by atoms with Gasteiger partial charge in [-0.05, 0) is 52.6 Å². The Labute approximate surface area is 238 Å². The van der Waals surface area contributed by atoms with Gasteiger partial charge in [-0.1, -0.05) is 60.7 Å². The van der Waals surface area contributed by atoms with Crippen molar-refractivity contribution in [3.63, 3.8) is 0 Å². The number of nitrogens with two attached hydrogens (primary N) is 1. The summed E-state index contributed by atoms with van der Waals surface area (Å²) in [4.78, 5) is 14.3. The van der Waals surface area contributed by atoms with Gasteiger partial charge in [-0.2, -0.15) is 0 Å². The number of fused-ring (bicyclic) bond motifs is 1. The highest BCUT2D eigenvalue weighted by Gasteiger charge is 2.15. The monoisotopic (exact) mass is 551 g/mol. The number of aromatic hydroxyl groups is 1. The number of aliphatic hydroxyl groups excluding tert-OH is 1. The average Bonchev–Trinajstić information content (AvgIpc) is 3.01. The summed E-state index contributed by atoms with van der Waals surface area (Å²) in [6.45, 7) is 1.09. The number of hydrogen-bond donors (Lipinski definition) is 5. The first-order valence-electron chi connectivity index (χ1n) is 13.4. The molecule has 4 aromatic carbocycles. The predicted molar refractivity (Wildman–Crippen MR) is 159 cm³/mol. The van der Waals surface area contributed by atoms with Crippen LogP contribution in [-0.2, 0) is 13.2 Å². The van der Waals surface area contributed by atoms with Gasteiger partial charge in [0.05, 0.1) is 24.8 Å². The first-order chi connectivity index (χ1) is 19.9. The van der Waals surface area contributed by atoms with Gasteiger partial charge in [0, 0.05) is 30.1 Å². The van der Waals surface area contributed by atoms with Gasteiger partial charge >= 0.3 is 0 Å². The van der Waals surface area contributed by atoms with Crippen LogP contribution in [0.4, 0.5) is 0 Å². The predicted octanol–water partition coefficient (Wildman–Crippen LogP) is 4.69. The molecule has 0 aliphatic carbocycles. The van der Waals surface area contributed by atoms with E-state index in [0.717, 1.165) is 28.0 Å². The zero-order chi connectivity index (χ0) is 28.8. The van der Waals surface area contributed by atoms with Crippen LogP contribution in [0.15, 0.2) is 102 Å². The van der Waals surface area contributed by atoms with Gasteiger partial charge in [-0.3, -0.25) is 4.79 Å². The Balaban J connectivity index is 1.20. The molecule has 8 heteroatoms. The van der Waals surface area contributed by atoms with Crippen molar-refractivity contribution in [1.82, 2.24) is 10.3 Å². The van der Waals surface area contributed by atoms with E-state index in [1.165, 1.54) is 12.1 Å². The summed E-state index contributed by atoms with van der Waals surface area (Å²) < 4.78 is 11.7. The van der Waals surface area contributed by atoms with Gasteiger partial charge in [0.2, 0.25) is 5.56 Å². The number of phenolic OH excluding ortho intramolecular Hbond substituents is 1. The molecular formula is C33H33N3O5. The maximum Gasteiger partial charge on any atom is 0.248 e. The molecule has 0 saturated heterocycles. The largest absolute Gasteiger partial charge is 0.506 e. The maximum absolute atomic E-state index is 11.7. The number of aromatic amines is 1. The lowest BCUT2D eigenvalue weighted by molar-refractivity contribution is 0.175. The molecule has 0 aliphatic rings.